The fourth-order valence-electron chi connectivity index (χ4n) is 2.73. The number of piperidine rings is 1. The molecule has 1 fully saturated rings. The Morgan fingerprint density at radius 1 is 1.52 bits per heavy atom. The Morgan fingerprint density at radius 2 is 2.29 bits per heavy atom. The van der Waals surface area contributed by atoms with E-state index in [1.807, 2.05) is 6.07 Å². The van der Waals surface area contributed by atoms with Crippen LogP contribution in [-0.4, -0.2) is 36.1 Å². The molecule has 2 aromatic rings. The van der Waals surface area contributed by atoms with Gasteiger partial charge in [-0.15, -0.1) is 0 Å². The highest BCUT2D eigenvalue weighted by atomic mass is 19.1. The standard InChI is InChI=1S/C15H17FN4O/c1-20-4-2-10(3-5-20)19-15-13(7-16)12-6-11(8-17)21-14(12)9-18-15/h6,9-10H,2-5,7H2,1H3,(H,18,19). The molecule has 0 atom stereocenters. The molecule has 0 saturated carbocycles. The van der Waals surface area contributed by atoms with Crippen molar-refractivity contribution in [3.63, 3.8) is 0 Å². The van der Waals surface area contributed by atoms with Crippen LogP contribution in [0.4, 0.5) is 10.2 Å². The molecule has 3 heterocycles. The molecule has 0 aromatic carbocycles. The summed E-state index contributed by atoms with van der Waals surface area (Å²) >= 11 is 0. The number of rotatable bonds is 3. The van der Waals surface area contributed by atoms with E-state index in [-0.39, 0.29) is 5.76 Å². The highest BCUT2D eigenvalue weighted by Gasteiger charge is 2.20. The van der Waals surface area contributed by atoms with Crippen LogP contribution in [0.3, 0.4) is 0 Å². The van der Waals surface area contributed by atoms with Crippen LogP contribution in [0.5, 0.6) is 0 Å². The molecule has 1 aliphatic heterocycles. The molecule has 6 heteroatoms. The average molecular weight is 288 g/mol. The molecular weight excluding hydrogens is 271 g/mol. The summed E-state index contributed by atoms with van der Waals surface area (Å²) in [6.07, 6.45) is 3.57. The Morgan fingerprint density at radius 3 is 2.95 bits per heavy atom. The van der Waals surface area contributed by atoms with Crippen molar-refractivity contribution < 1.29 is 8.81 Å². The third-order valence-electron chi connectivity index (χ3n) is 3.99. The molecule has 0 amide bonds. The fourth-order valence-corrected chi connectivity index (χ4v) is 2.73. The summed E-state index contributed by atoms with van der Waals surface area (Å²) in [5.74, 6) is 0.739. The van der Waals surface area contributed by atoms with Crippen molar-refractivity contribution >= 4 is 16.8 Å². The van der Waals surface area contributed by atoms with Gasteiger partial charge < -0.3 is 14.6 Å². The summed E-state index contributed by atoms with van der Waals surface area (Å²) in [6.45, 7) is 1.41. The molecule has 3 rings (SSSR count). The van der Waals surface area contributed by atoms with Crippen LogP contribution in [0.15, 0.2) is 16.7 Å². The van der Waals surface area contributed by atoms with E-state index in [2.05, 4.69) is 22.2 Å². The number of nitrogens with one attached hydrogen (secondary N) is 1. The first-order valence-corrected chi connectivity index (χ1v) is 7.04. The Balaban J connectivity index is 1.89. The Bertz CT molecular complexity index is 683. The number of nitrogens with zero attached hydrogens (tertiary/aromatic N) is 3. The smallest absolute Gasteiger partial charge is 0.204 e. The maximum Gasteiger partial charge on any atom is 0.204 e. The second-order valence-electron chi connectivity index (χ2n) is 5.44. The third kappa shape index (κ3) is 2.69. The number of hydrogen-bond acceptors (Lipinski definition) is 5. The number of anilines is 1. The predicted molar refractivity (Wildman–Crippen MR) is 77.7 cm³/mol. The van der Waals surface area contributed by atoms with Crippen LogP contribution in [0, 0.1) is 11.3 Å². The monoisotopic (exact) mass is 288 g/mol. The van der Waals surface area contributed by atoms with Crippen molar-refractivity contribution in [2.24, 2.45) is 0 Å². The molecule has 2 aromatic heterocycles. The zero-order chi connectivity index (χ0) is 14.8. The van der Waals surface area contributed by atoms with E-state index < -0.39 is 6.67 Å². The molecule has 0 bridgehead atoms. The van der Waals surface area contributed by atoms with Crippen LogP contribution in [0.2, 0.25) is 0 Å². The predicted octanol–water partition coefficient (Wildman–Crippen LogP) is 2.68. The van der Waals surface area contributed by atoms with E-state index in [1.165, 1.54) is 0 Å². The lowest BCUT2D eigenvalue weighted by atomic mass is 10.0. The van der Waals surface area contributed by atoms with Crippen LogP contribution in [0.1, 0.15) is 24.2 Å². The van der Waals surface area contributed by atoms with E-state index in [0.29, 0.717) is 28.4 Å². The van der Waals surface area contributed by atoms with Gasteiger partial charge in [-0.3, -0.25) is 0 Å². The van der Waals surface area contributed by atoms with Gasteiger partial charge in [0.1, 0.15) is 18.6 Å². The molecule has 110 valence electrons. The molecule has 1 N–H and O–H groups in total. The largest absolute Gasteiger partial charge is 0.444 e. The third-order valence-corrected chi connectivity index (χ3v) is 3.99. The number of alkyl halides is 1. The summed E-state index contributed by atoms with van der Waals surface area (Å²) < 4.78 is 18.7. The van der Waals surface area contributed by atoms with Crippen LogP contribution in [0.25, 0.3) is 11.0 Å². The Labute approximate surface area is 122 Å². The minimum Gasteiger partial charge on any atom is -0.444 e. The topological polar surface area (TPSA) is 65.1 Å². The van der Waals surface area contributed by atoms with E-state index in [0.717, 1.165) is 25.9 Å². The normalized spacial score (nSPS) is 17.0. The SMILES string of the molecule is CN1CCC(Nc2ncc3oc(C#N)cc3c2CF)CC1. The van der Waals surface area contributed by atoms with E-state index in [9.17, 15) is 4.39 Å². The maximum atomic E-state index is 13.4. The minimum atomic E-state index is -0.635. The van der Waals surface area contributed by atoms with Gasteiger partial charge in [0.05, 0.1) is 6.20 Å². The van der Waals surface area contributed by atoms with Gasteiger partial charge in [0, 0.05) is 23.1 Å². The average Bonchev–Trinajstić information content (AvgIpc) is 2.92. The highest BCUT2D eigenvalue weighted by Crippen LogP contribution is 2.29. The van der Waals surface area contributed by atoms with E-state index in [1.54, 1.807) is 12.3 Å². The minimum absolute atomic E-state index is 0.179. The second kappa shape index (κ2) is 5.70. The molecule has 0 radical (unpaired) electrons. The fraction of sp³-hybridized carbons (Fsp3) is 0.467. The molecule has 0 unspecified atom stereocenters. The zero-order valence-corrected chi connectivity index (χ0v) is 11.9. The lowest BCUT2D eigenvalue weighted by Crippen LogP contribution is -2.37. The summed E-state index contributed by atoms with van der Waals surface area (Å²) in [7, 11) is 2.10. The molecular formula is C15H17FN4O. The van der Waals surface area contributed by atoms with Gasteiger partial charge in [0.2, 0.25) is 5.76 Å². The summed E-state index contributed by atoms with van der Waals surface area (Å²) in [5, 5.41) is 12.8. The number of aromatic nitrogens is 1. The van der Waals surface area contributed by atoms with Gasteiger partial charge in [0.25, 0.3) is 0 Å². The number of halogens is 1. The van der Waals surface area contributed by atoms with E-state index in [4.69, 9.17) is 9.68 Å². The van der Waals surface area contributed by atoms with Crippen molar-refractivity contribution in [1.82, 2.24) is 9.88 Å². The van der Waals surface area contributed by atoms with Crippen LogP contribution < -0.4 is 5.32 Å². The molecule has 0 aliphatic carbocycles. The number of pyridine rings is 1. The Hall–Kier alpha value is -2.13. The molecule has 1 saturated heterocycles. The van der Waals surface area contributed by atoms with Crippen LogP contribution in [-0.2, 0) is 6.67 Å². The van der Waals surface area contributed by atoms with Crippen molar-refractivity contribution in [3.05, 3.63) is 23.6 Å². The number of fused-ring (bicyclic) bond motifs is 1. The summed E-state index contributed by atoms with van der Waals surface area (Å²) in [6, 6.07) is 3.81. The number of furan rings is 1. The summed E-state index contributed by atoms with van der Waals surface area (Å²) in [5.41, 5.74) is 0.921. The molecule has 21 heavy (non-hydrogen) atoms. The van der Waals surface area contributed by atoms with Crippen molar-refractivity contribution in [2.45, 2.75) is 25.6 Å². The van der Waals surface area contributed by atoms with Crippen LogP contribution >= 0.6 is 0 Å². The maximum absolute atomic E-state index is 13.4. The zero-order valence-electron chi connectivity index (χ0n) is 11.9. The van der Waals surface area contributed by atoms with Gasteiger partial charge in [0.15, 0.2) is 5.58 Å². The Kier molecular flexibility index (Phi) is 3.76. The first kappa shape index (κ1) is 13.8. The molecule has 5 nitrogen and oxygen atoms in total. The van der Waals surface area contributed by atoms with Crippen molar-refractivity contribution in [2.75, 3.05) is 25.5 Å². The van der Waals surface area contributed by atoms with Crippen molar-refractivity contribution in [3.8, 4) is 6.07 Å². The number of nitriles is 1. The first-order chi connectivity index (χ1) is 10.2. The number of hydrogen-bond donors (Lipinski definition) is 1. The second-order valence-corrected chi connectivity index (χ2v) is 5.44. The van der Waals surface area contributed by atoms with Gasteiger partial charge in [-0.2, -0.15) is 5.26 Å². The van der Waals surface area contributed by atoms with Gasteiger partial charge in [-0.25, -0.2) is 9.37 Å². The van der Waals surface area contributed by atoms with Crippen molar-refractivity contribution in [1.29, 1.82) is 5.26 Å². The first-order valence-electron chi connectivity index (χ1n) is 7.04. The van der Waals surface area contributed by atoms with Gasteiger partial charge in [-0.1, -0.05) is 0 Å². The number of likely N-dealkylation sites (tertiary alicyclic amines) is 1. The lowest BCUT2D eigenvalue weighted by Gasteiger charge is -2.30. The highest BCUT2D eigenvalue weighted by molar-refractivity contribution is 5.85. The molecule has 1 aliphatic rings. The molecule has 0 spiro atoms. The lowest BCUT2D eigenvalue weighted by molar-refractivity contribution is 0.263. The van der Waals surface area contributed by atoms with E-state index >= 15 is 0 Å². The summed E-state index contributed by atoms with van der Waals surface area (Å²) in [4.78, 5) is 6.55. The quantitative estimate of drug-likeness (QED) is 0.940. The van der Waals surface area contributed by atoms with Gasteiger partial charge >= 0.3 is 0 Å². The van der Waals surface area contributed by atoms with Gasteiger partial charge in [-0.05, 0) is 33.0 Å².